The number of amides is 1. The van der Waals surface area contributed by atoms with Gasteiger partial charge in [0.15, 0.2) is 0 Å². The molecule has 0 unspecified atom stereocenters. The van der Waals surface area contributed by atoms with Gasteiger partial charge in [-0.1, -0.05) is 19.3 Å². The number of ether oxygens (including phenoxy) is 2. The summed E-state index contributed by atoms with van der Waals surface area (Å²) in [5.41, 5.74) is 1.02. The van der Waals surface area contributed by atoms with Crippen LogP contribution < -0.4 is 14.8 Å². The number of nitrogens with zero attached hydrogens (tertiary/aromatic N) is 1. The van der Waals surface area contributed by atoms with Crippen LogP contribution in [0.15, 0.2) is 18.2 Å². The maximum atomic E-state index is 13.2. The molecule has 1 saturated heterocycles. The minimum absolute atomic E-state index is 0.0473. The molecular formula is C22H32N2O3. The Hall–Kier alpha value is -1.75. The molecule has 1 saturated carbocycles. The molecule has 148 valence electrons. The molecule has 0 bridgehead atoms. The molecule has 1 amide bonds. The Labute approximate surface area is 162 Å². The molecular weight excluding hydrogens is 340 g/mol. The summed E-state index contributed by atoms with van der Waals surface area (Å²) in [4.78, 5) is 15.7. The molecule has 1 N–H and O–H groups in total. The maximum Gasteiger partial charge on any atom is 0.227 e. The molecule has 3 aliphatic rings. The topological polar surface area (TPSA) is 50.8 Å². The minimum Gasteiger partial charge on any atom is -0.497 e. The van der Waals surface area contributed by atoms with Gasteiger partial charge in [0.25, 0.3) is 0 Å². The van der Waals surface area contributed by atoms with Gasteiger partial charge in [0, 0.05) is 6.54 Å². The van der Waals surface area contributed by atoms with Crippen molar-refractivity contribution in [3.05, 3.63) is 23.8 Å². The third-order valence-electron chi connectivity index (χ3n) is 6.47. The van der Waals surface area contributed by atoms with Gasteiger partial charge in [0.1, 0.15) is 18.1 Å². The average molecular weight is 373 g/mol. The van der Waals surface area contributed by atoms with Gasteiger partial charge in [-0.25, -0.2) is 0 Å². The summed E-state index contributed by atoms with van der Waals surface area (Å²) in [6.45, 7) is 3.83. The normalized spacial score (nSPS) is 24.7. The van der Waals surface area contributed by atoms with Crippen molar-refractivity contribution in [1.29, 1.82) is 0 Å². The van der Waals surface area contributed by atoms with Crippen molar-refractivity contribution >= 4 is 5.91 Å². The highest BCUT2D eigenvalue weighted by atomic mass is 16.5. The number of hydrogen-bond acceptors (Lipinski definition) is 4. The summed E-state index contributed by atoms with van der Waals surface area (Å²) in [5, 5.41) is 3.50. The Morgan fingerprint density at radius 3 is 2.74 bits per heavy atom. The van der Waals surface area contributed by atoms with Crippen LogP contribution >= 0.6 is 0 Å². The zero-order valence-corrected chi connectivity index (χ0v) is 16.5. The highest BCUT2D eigenvalue weighted by Crippen LogP contribution is 2.33. The van der Waals surface area contributed by atoms with Crippen LogP contribution in [0.25, 0.3) is 0 Å². The van der Waals surface area contributed by atoms with Crippen molar-refractivity contribution in [2.24, 2.45) is 5.92 Å². The molecule has 2 aliphatic heterocycles. The molecule has 2 fully saturated rings. The van der Waals surface area contributed by atoms with Crippen LogP contribution in [-0.2, 0) is 11.2 Å². The van der Waals surface area contributed by atoms with E-state index in [-0.39, 0.29) is 17.4 Å². The number of nitrogens with one attached hydrogen (secondary N) is 1. The number of hydrogen-bond donors (Lipinski definition) is 1. The summed E-state index contributed by atoms with van der Waals surface area (Å²) in [6, 6.07) is 5.85. The third-order valence-corrected chi connectivity index (χ3v) is 6.47. The van der Waals surface area contributed by atoms with Gasteiger partial charge in [-0.3, -0.25) is 4.79 Å². The molecule has 1 atom stereocenters. The Bertz CT molecular complexity index is 664. The highest BCUT2D eigenvalue weighted by molar-refractivity contribution is 5.80. The molecule has 27 heavy (non-hydrogen) atoms. The van der Waals surface area contributed by atoms with Gasteiger partial charge in [-0.05, 0) is 69.0 Å². The predicted octanol–water partition coefficient (Wildman–Crippen LogP) is 3.16. The largest absolute Gasteiger partial charge is 0.497 e. The summed E-state index contributed by atoms with van der Waals surface area (Å²) in [6.07, 6.45) is 9.23. The number of benzene rings is 1. The predicted molar refractivity (Wildman–Crippen MR) is 105 cm³/mol. The number of rotatable bonds is 5. The first-order valence-corrected chi connectivity index (χ1v) is 10.5. The van der Waals surface area contributed by atoms with Gasteiger partial charge >= 0.3 is 0 Å². The zero-order valence-electron chi connectivity index (χ0n) is 16.5. The lowest BCUT2D eigenvalue weighted by atomic mass is 9.80. The van der Waals surface area contributed by atoms with E-state index in [1.54, 1.807) is 7.11 Å². The molecule has 0 radical (unpaired) electrons. The van der Waals surface area contributed by atoms with Gasteiger partial charge in [-0.2, -0.15) is 0 Å². The van der Waals surface area contributed by atoms with Crippen LogP contribution in [0, 0.1) is 5.92 Å². The Morgan fingerprint density at radius 2 is 2.00 bits per heavy atom. The molecule has 2 heterocycles. The molecule has 1 aromatic rings. The average Bonchev–Trinajstić information content (AvgIpc) is 3.20. The van der Waals surface area contributed by atoms with Crippen LogP contribution in [0.2, 0.25) is 0 Å². The van der Waals surface area contributed by atoms with Gasteiger partial charge in [0.2, 0.25) is 5.91 Å². The first-order chi connectivity index (χ1) is 13.2. The smallest absolute Gasteiger partial charge is 0.227 e. The Morgan fingerprint density at radius 1 is 1.22 bits per heavy atom. The van der Waals surface area contributed by atoms with E-state index in [0.717, 1.165) is 42.9 Å². The highest BCUT2D eigenvalue weighted by Gasteiger charge is 2.38. The lowest BCUT2D eigenvalue weighted by Gasteiger charge is -2.42. The van der Waals surface area contributed by atoms with Crippen molar-refractivity contribution in [3.8, 4) is 11.5 Å². The van der Waals surface area contributed by atoms with E-state index < -0.39 is 0 Å². The number of fused-ring (bicyclic) bond motifs is 1. The van der Waals surface area contributed by atoms with Crippen LogP contribution in [0.5, 0.6) is 11.5 Å². The summed E-state index contributed by atoms with van der Waals surface area (Å²) < 4.78 is 11.2. The summed E-state index contributed by atoms with van der Waals surface area (Å²) in [5.74, 6) is 1.73. The molecule has 5 nitrogen and oxygen atoms in total. The number of carbonyl (C=O) groups is 1. The number of carbonyl (C=O) groups excluding carboxylic acids is 1. The molecule has 4 rings (SSSR count). The lowest BCUT2D eigenvalue weighted by Crippen LogP contribution is -2.58. The van der Waals surface area contributed by atoms with Crippen LogP contribution in [-0.4, -0.2) is 49.7 Å². The fourth-order valence-electron chi connectivity index (χ4n) is 4.95. The summed E-state index contributed by atoms with van der Waals surface area (Å²) >= 11 is 0. The van der Waals surface area contributed by atoms with Crippen molar-refractivity contribution in [3.63, 3.8) is 0 Å². The standard InChI is InChI=1S/C22H32N2O3/c1-26-19-7-8-20-17(14-19)13-18(15-27-20)21(25)23-22(9-3-2-4-10-22)16-24-11-5-6-12-24/h7-8,14,18H,2-6,9-13,15-16H2,1H3,(H,23,25)/t18-/m0/s1. The zero-order chi connectivity index (χ0) is 18.7. The number of methoxy groups -OCH3 is 1. The molecule has 1 aromatic carbocycles. The van der Waals surface area contributed by atoms with Crippen molar-refractivity contribution in [2.45, 2.75) is 56.9 Å². The summed E-state index contributed by atoms with van der Waals surface area (Å²) in [7, 11) is 1.67. The van der Waals surface area contributed by atoms with E-state index in [0.29, 0.717) is 6.61 Å². The van der Waals surface area contributed by atoms with E-state index >= 15 is 0 Å². The second-order valence-electron chi connectivity index (χ2n) is 8.50. The molecule has 5 heteroatoms. The van der Waals surface area contributed by atoms with E-state index in [9.17, 15) is 4.79 Å². The van der Waals surface area contributed by atoms with Crippen LogP contribution in [0.4, 0.5) is 0 Å². The van der Waals surface area contributed by atoms with Crippen molar-refractivity contribution in [2.75, 3.05) is 33.4 Å². The van der Waals surface area contributed by atoms with Gasteiger partial charge < -0.3 is 19.7 Å². The van der Waals surface area contributed by atoms with E-state index in [4.69, 9.17) is 9.47 Å². The number of likely N-dealkylation sites (tertiary alicyclic amines) is 1. The maximum absolute atomic E-state index is 13.2. The SMILES string of the molecule is COc1ccc2c(c1)C[C@H](C(=O)NC1(CN3CCCC3)CCCCC1)CO2. The van der Waals surface area contributed by atoms with Gasteiger partial charge in [-0.15, -0.1) is 0 Å². The molecule has 0 spiro atoms. The first kappa shape index (κ1) is 18.6. The van der Waals surface area contributed by atoms with Crippen LogP contribution in [0.3, 0.4) is 0 Å². The molecule has 0 aromatic heterocycles. The minimum atomic E-state index is -0.123. The first-order valence-electron chi connectivity index (χ1n) is 10.5. The van der Waals surface area contributed by atoms with E-state index in [1.165, 1.54) is 45.2 Å². The van der Waals surface area contributed by atoms with Crippen molar-refractivity contribution in [1.82, 2.24) is 10.2 Å². The molecule has 1 aliphatic carbocycles. The fraction of sp³-hybridized carbons (Fsp3) is 0.682. The lowest BCUT2D eigenvalue weighted by molar-refractivity contribution is -0.129. The van der Waals surface area contributed by atoms with Crippen molar-refractivity contribution < 1.29 is 14.3 Å². The third kappa shape index (κ3) is 4.23. The van der Waals surface area contributed by atoms with E-state index in [1.807, 2.05) is 18.2 Å². The monoisotopic (exact) mass is 372 g/mol. The van der Waals surface area contributed by atoms with Gasteiger partial charge in [0.05, 0.1) is 18.6 Å². The Balaban J connectivity index is 1.44. The quantitative estimate of drug-likeness (QED) is 0.863. The second kappa shape index (κ2) is 8.09. The Kier molecular flexibility index (Phi) is 5.58. The fourth-order valence-corrected chi connectivity index (χ4v) is 4.95. The van der Waals surface area contributed by atoms with E-state index in [2.05, 4.69) is 10.2 Å². The second-order valence-corrected chi connectivity index (χ2v) is 8.50. The van der Waals surface area contributed by atoms with Crippen LogP contribution in [0.1, 0.15) is 50.5 Å².